The number of aliphatic hydroxyl groups is 2. The Morgan fingerprint density at radius 1 is 1.17 bits per heavy atom. The first-order chi connectivity index (χ1) is 16.7. The second kappa shape index (κ2) is 14.5. The maximum Gasteiger partial charge on any atom is 0.333 e. The second-order valence-electron chi connectivity index (χ2n) is 8.30. The van der Waals surface area contributed by atoms with Crippen LogP contribution in [0.1, 0.15) is 57.9 Å². The molecule has 0 spiro atoms. The van der Waals surface area contributed by atoms with Gasteiger partial charge in [0.2, 0.25) is 12.2 Å². The number of hydrogen-bond donors (Lipinski definition) is 4. The molecule has 4 atom stereocenters. The van der Waals surface area contributed by atoms with Crippen molar-refractivity contribution >= 4 is 17.8 Å². The number of carbonyl (C=O) groups excluding carboxylic acids is 2. The fourth-order valence-electron chi connectivity index (χ4n) is 3.38. The number of aliphatic carboxylic acids is 1. The van der Waals surface area contributed by atoms with Crippen molar-refractivity contribution in [3.05, 3.63) is 23.8 Å². The Kier molecular flexibility index (Phi) is 11.7. The zero-order chi connectivity index (χ0) is 25.8. The summed E-state index contributed by atoms with van der Waals surface area (Å²) in [7, 11) is 0. The molecule has 11 nitrogen and oxygen atoms in total. The van der Waals surface area contributed by atoms with E-state index in [0.29, 0.717) is 30.7 Å². The lowest BCUT2D eigenvalue weighted by atomic mass is 10.0. The molecule has 0 unspecified atom stereocenters. The van der Waals surface area contributed by atoms with Crippen LogP contribution in [0.25, 0.3) is 0 Å². The Labute approximate surface area is 204 Å². The Hall–Kier alpha value is -2.89. The van der Waals surface area contributed by atoms with Crippen molar-refractivity contribution in [1.82, 2.24) is 5.32 Å². The third kappa shape index (κ3) is 9.71. The molecule has 1 fully saturated rings. The van der Waals surface area contributed by atoms with Crippen molar-refractivity contribution in [2.24, 2.45) is 0 Å². The molecule has 1 aliphatic rings. The molecular formula is C24H35NO10. The molecular weight excluding hydrogens is 462 g/mol. The van der Waals surface area contributed by atoms with Crippen LogP contribution in [-0.2, 0) is 30.5 Å². The number of benzene rings is 1. The molecule has 1 heterocycles. The third-order valence-corrected chi connectivity index (χ3v) is 5.33. The molecule has 0 radical (unpaired) electrons. The highest BCUT2D eigenvalue weighted by Crippen LogP contribution is 2.29. The van der Waals surface area contributed by atoms with E-state index in [4.69, 9.17) is 18.9 Å². The normalized spacial score (nSPS) is 21.7. The van der Waals surface area contributed by atoms with Crippen LogP contribution in [-0.4, -0.2) is 70.9 Å². The van der Waals surface area contributed by atoms with Crippen molar-refractivity contribution < 1.29 is 48.7 Å². The molecule has 1 aromatic carbocycles. The van der Waals surface area contributed by atoms with Gasteiger partial charge in [-0.25, -0.2) is 4.79 Å². The zero-order valence-electron chi connectivity index (χ0n) is 20.1. The summed E-state index contributed by atoms with van der Waals surface area (Å²) >= 11 is 0. The number of esters is 1. The summed E-state index contributed by atoms with van der Waals surface area (Å²) in [5.74, 6) is -1.20. The van der Waals surface area contributed by atoms with Crippen LogP contribution >= 0.6 is 0 Å². The van der Waals surface area contributed by atoms with Gasteiger partial charge in [0.25, 0.3) is 0 Å². The van der Waals surface area contributed by atoms with Gasteiger partial charge in [0.1, 0.15) is 24.2 Å². The molecule has 4 N–H and O–H groups in total. The summed E-state index contributed by atoms with van der Waals surface area (Å²) in [6.45, 7) is 4.02. The van der Waals surface area contributed by atoms with Gasteiger partial charge in [-0.2, -0.15) is 0 Å². The number of aliphatic hydroxyl groups excluding tert-OH is 2. The number of carbonyl (C=O) groups is 3. The highest BCUT2D eigenvalue weighted by molar-refractivity contribution is 5.75. The molecule has 0 saturated carbocycles. The van der Waals surface area contributed by atoms with Crippen LogP contribution in [0.15, 0.2) is 18.2 Å². The van der Waals surface area contributed by atoms with Crippen LogP contribution in [0, 0.1) is 0 Å². The first-order valence-corrected chi connectivity index (χ1v) is 11.8. The van der Waals surface area contributed by atoms with Crippen molar-refractivity contribution in [1.29, 1.82) is 0 Å². The van der Waals surface area contributed by atoms with E-state index >= 15 is 0 Å². The maximum atomic E-state index is 11.8. The number of amides is 1. The first-order valence-electron chi connectivity index (χ1n) is 11.8. The summed E-state index contributed by atoms with van der Waals surface area (Å²) in [5.41, 5.74) is 0.560. The van der Waals surface area contributed by atoms with E-state index in [-0.39, 0.29) is 31.3 Å². The lowest BCUT2D eigenvalue weighted by Crippen LogP contribution is -2.52. The minimum atomic E-state index is -1.45. The molecule has 196 valence electrons. The van der Waals surface area contributed by atoms with Crippen molar-refractivity contribution in [3.63, 3.8) is 0 Å². The predicted octanol–water partition coefficient (Wildman–Crippen LogP) is 1.52. The molecule has 35 heavy (non-hydrogen) atoms. The zero-order valence-corrected chi connectivity index (χ0v) is 20.1. The highest BCUT2D eigenvalue weighted by atomic mass is 16.7. The molecule has 2 rings (SSSR count). The van der Waals surface area contributed by atoms with E-state index < -0.39 is 36.5 Å². The number of carboxylic acids is 1. The fourth-order valence-corrected chi connectivity index (χ4v) is 3.38. The Balaban J connectivity index is 1.99. The van der Waals surface area contributed by atoms with Crippen LogP contribution in [0.4, 0.5) is 0 Å². The molecule has 1 saturated heterocycles. The standard InChI is InChI=1S/C24H35NO10/c1-3-4-5-7-21(28)25-10-6-11-32-19-12-17(9-8-16(19)14-33-15(2)26)34-24-22(29)18(27)13-20(35-24)23(30)31/h8-9,12,18,20,22,24,27,29H,3-7,10-11,13-14H2,1-2H3,(H,25,28)(H,30,31)/t18-,20-,22+,24+/m0/s1. The maximum absolute atomic E-state index is 11.8. The van der Waals surface area contributed by atoms with Gasteiger partial charge in [0.05, 0.1) is 12.7 Å². The van der Waals surface area contributed by atoms with Crippen LogP contribution in [0.3, 0.4) is 0 Å². The smallest absolute Gasteiger partial charge is 0.333 e. The third-order valence-electron chi connectivity index (χ3n) is 5.33. The summed E-state index contributed by atoms with van der Waals surface area (Å²) in [6, 6.07) is 4.62. The largest absolute Gasteiger partial charge is 0.493 e. The molecule has 11 heteroatoms. The first kappa shape index (κ1) is 28.3. The molecule has 0 aromatic heterocycles. The van der Waals surface area contributed by atoms with E-state index in [1.54, 1.807) is 6.07 Å². The highest BCUT2D eigenvalue weighted by Gasteiger charge is 2.41. The predicted molar refractivity (Wildman–Crippen MR) is 123 cm³/mol. The fraction of sp³-hybridized carbons (Fsp3) is 0.625. The van der Waals surface area contributed by atoms with E-state index in [9.17, 15) is 29.7 Å². The van der Waals surface area contributed by atoms with Crippen molar-refractivity contribution in [3.8, 4) is 11.5 Å². The lowest BCUT2D eigenvalue weighted by molar-refractivity contribution is -0.238. The van der Waals surface area contributed by atoms with Gasteiger partial charge in [0, 0.05) is 37.9 Å². The van der Waals surface area contributed by atoms with E-state index in [2.05, 4.69) is 12.2 Å². The average Bonchev–Trinajstić information content (AvgIpc) is 2.81. The van der Waals surface area contributed by atoms with E-state index in [1.165, 1.54) is 19.1 Å². The van der Waals surface area contributed by atoms with Crippen molar-refractivity contribution in [2.45, 2.75) is 83.6 Å². The second-order valence-corrected chi connectivity index (χ2v) is 8.30. The summed E-state index contributed by atoms with van der Waals surface area (Å²) < 4.78 is 21.8. The van der Waals surface area contributed by atoms with Crippen LogP contribution in [0.2, 0.25) is 0 Å². The summed E-state index contributed by atoms with van der Waals surface area (Å²) in [4.78, 5) is 34.3. The number of nitrogens with one attached hydrogen (secondary N) is 1. The summed E-state index contributed by atoms with van der Waals surface area (Å²) in [6.07, 6.45) is -1.82. The molecule has 1 aromatic rings. The SMILES string of the molecule is CCCCCC(=O)NCCCOc1cc(O[C@@H]2O[C@H](C(=O)O)C[C@H](O)[C@H]2O)ccc1COC(C)=O. The van der Waals surface area contributed by atoms with Gasteiger partial charge in [-0.15, -0.1) is 0 Å². The number of hydrogen-bond acceptors (Lipinski definition) is 9. The van der Waals surface area contributed by atoms with E-state index in [0.717, 1.165) is 19.3 Å². The molecule has 1 aliphatic heterocycles. The lowest BCUT2D eigenvalue weighted by Gasteiger charge is -2.35. The van der Waals surface area contributed by atoms with Gasteiger partial charge in [-0.3, -0.25) is 9.59 Å². The Morgan fingerprint density at radius 2 is 1.94 bits per heavy atom. The van der Waals surface area contributed by atoms with Gasteiger partial charge < -0.3 is 39.6 Å². The number of rotatable bonds is 14. The summed E-state index contributed by atoms with van der Waals surface area (Å²) in [5, 5.41) is 32.1. The van der Waals surface area contributed by atoms with Gasteiger partial charge in [-0.1, -0.05) is 19.8 Å². The van der Waals surface area contributed by atoms with Crippen LogP contribution in [0.5, 0.6) is 11.5 Å². The van der Waals surface area contributed by atoms with E-state index in [1.807, 2.05) is 0 Å². The minimum Gasteiger partial charge on any atom is -0.493 e. The Bertz CT molecular complexity index is 846. The van der Waals surface area contributed by atoms with Crippen molar-refractivity contribution in [2.75, 3.05) is 13.2 Å². The quantitative estimate of drug-likeness (QED) is 0.219. The number of carboxylic acid groups (broad SMARTS) is 1. The molecule has 0 bridgehead atoms. The number of unbranched alkanes of at least 4 members (excludes halogenated alkanes) is 2. The monoisotopic (exact) mass is 497 g/mol. The average molecular weight is 498 g/mol. The van der Waals surface area contributed by atoms with Gasteiger partial charge in [0.15, 0.2) is 6.10 Å². The van der Waals surface area contributed by atoms with Gasteiger partial charge >= 0.3 is 11.9 Å². The van der Waals surface area contributed by atoms with Gasteiger partial charge in [-0.05, 0) is 25.0 Å². The van der Waals surface area contributed by atoms with Crippen LogP contribution < -0.4 is 14.8 Å². The molecule has 0 aliphatic carbocycles. The number of ether oxygens (including phenoxy) is 4. The molecule has 1 amide bonds. The topological polar surface area (TPSA) is 161 Å². The minimum absolute atomic E-state index is 0.00251. The Morgan fingerprint density at radius 3 is 2.63 bits per heavy atom.